The highest BCUT2D eigenvalue weighted by Gasteiger charge is 2.42. The van der Waals surface area contributed by atoms with Crippen LogP contribution in [0.5, 0.6) is 0 Å². The number of fused-ring (bicyclic) bond motifs is 4. The standard InChI is InChI=1S/C24H23N5O6S/c25-36(32,33)34-12-14-9-18(24(31)23(14)30)27-21-7-8-26-22-11-17(28-29(21)22)13-5-6-16-15-3-1-2-4-19(15)35-20(16)10-13/h1-8,10-11,14,18,23-24,27,30-31H,9,12H2,(H2,25,32,33)/t14-,18-,23-,24+/m1/s1. The highest BCUT2D eigenvalue weighted by Crippen LogP contribution is 2.33. The second kappa shape index (κ2) is 8.54. The number of para-hydroxylation sites is 1. The van der Waals surface area contributed by atoms with Crippen molar-refractivity contribution < 1.29 is 27.2 Å². The van der Waals surface area contributed by atoms with Crippen molar-refractivity contribution in [2.45, 2.75) is 24.7 Å². The van der Waals surface area contributed by atoms with Gasteiger partial charge < -0.3 is 19.9 Å². The van der Waals surface area contributed by atoms with Gasteiger partial charge in [0.25, 0.3) is 0 Å². The van der Waals surface area contributed by atoms with Crippen LogP contribution in [-0.2, 0) is 14.5 Å². The molecular weight excluding hydrogens is 486 g/mol. The quantitative estimate of drug-likeness (QED) is 0.268. The molecule has 4 atom stereocenters. The van der Waals surface area contributed by atoms with E-state index in [9.17, 15) is 18.6 Å². The molecule has 0 bridgehead atoms. The average Bonchev–Trinajstić information content (AvgIpc) is 3.52. The number of hydrogen-bond acceptors (Lipinski definition) is 9. The second-order valence-corrected chi connectivity index (χ2v) is 10.2. The molecule has 3 aromatic heterocycles. The number of nitrogens with zero attached hydrogens (tertiary/aromatic N) is 3. The van der Waals surface area contributed by atoms with Crippen LogP contribution in [-0.4, -0.2) is 58.1 Å². The van der Waals surface area contributed by atoms with Crippen LogP contribution < -0.4 is 10.5 Å². The second-order valence-electron chi connectivity index (χ2n) is 8.94. The number of rotatable bonds is 6. The Morgan fingerprint density at radius 3 is 2.72 bits per heavy atom. The monoisotopic (exact) mass is 509 g/mol. The Kier molecular flexibility index (Phi) is 5.43. The summed E-state index contributed by atoms with van der Waals surface area (Å²) in [6, 6.07) is 16.8. The zero-order valence-electron chi connectivity index (χ0n) is 18.9. The molecule has 0 unspecified atom stereocenters. The van der Waals surface area contributed by atoms with Gasteiger partial charge in [0.15, 0.2) is 5.65 Å². The summed E-state index contributed by atoms with van der Waals surface area (Å²) in [6.45, 7) is -0.322. The maximum absolute atomic E-state index is 11.1. The molecule has 11 nitrogen and oxygen atoms in total. The number of aromatic nitrogens is 3. The summed E-state index contributed by atoms with van der Waals surface area (Å²) >= 11 is 0. The van der Waals surface area contributed by atoms with E-state index in [1.54, 1.807) is 16.8 Å². The molecule has 1 aliphatic carbocycles. The fourth-order valence-corrected chi connectivity index (χ4v) is 5.20. The first-order valence-electron chi connectivity index (χ1n) is 11.3. The minimum Gasteiger partial charge on any atom is -0.456 e. The van der Waals surface area contributed by atoms with Crippen LogP contribution in [0.3, 0.4) is 0 Å². The molecule has 0 radical (unpaired) electrons. The summed E-state index contributed by atoms with van der Waals surface area (Å²) in [4.78, 5) is 4.39. The summed E-state index contributed by atoms with van der Waals surface area (Å²) in [7, 11) is -4.15. The number of furan rings is 1. The van der Waals surface area contributed by atoms with Crippen molar-refractivity contribution in [1.82, 2.24) is 14.6 Å². The molecule has 0 spiro atoms. The molecule has 2 aromatic carbocycles. The van der Waals surface area contributed by atoms with Gasteiger partial charge in [-0.2, -0.15) is 18.0 Å². The van der Waals surface area contributed by atoms with E-state index in [0.29, 0.717) is 17.2 Å². The van der Waals surface area contributed by atoms with Crippen molar-refractivity contribution in [1.29, 1.82) is 0 Å². The van der Waals surface area contributed by atoms with Gasteiger partial charge in [0.1, 0.15) is 23.1 Å². The number of anilines is 1. The van der Waals surface area contributed by atoms with E-state index >= 15 is 0 Å². The number of benzene rings is 2. The maximum atomic E-state index is 11.1. The number of hydrogen-bond donors (Lipinski definition) is 4. The first kappa shape index (κ1) is 22.9. The molecule has 3 heterocycles. The number of nitrogens with two attached hydrogens (primary N) is 1. The highest BCUT2D eigenvalue weighted by atomic mass is 32.2. The van der Waals surface area contributed by atoms with Crippen molar-refractivity contribution in [3.63, 3.8) is 0 Å². The van der Waals surface area contributed by atoms with Crippen molar-refractivity contribution in [3.05, 3.63) is 60.8 Å². The Balaban J connectivity index is 1.28. The minimum absolute atomic E-state index is 0.262. The topological polar surface area (TPSA) is 165 Å². The number of aliphatic hydroxyl groups is 2. The molecule has 1 saturated carbocycles. The Labute approximate surface area is 205 Å². The summed E-state index contributed by atoms with van der Waals surface area (Å²) in [5, 5.41) is 35.7. The fourth-order valence-electron chi connectivity index (χ4n) is 4.84. The summed E-state index contributed by atoms with van der Waals surface area (Å²) in [5.74, 6) is -0.0581. The maximum Gasteiger partial charge on any atom is 0.333 e. The molecule has 6 rings (SSSR count). The fraction of sp³-hybridized carbons (Fsp3) is 0.250. The van der Waals surface area contributed by atoms with Crippen molar-refractivity contribution >= 4 is 43.7 Å². The minimum atomic E-state index is -4.15. The van der Waals surface area contributed by atoms with Crippen LogP contribution in [0.25, 0.3) is 38.8 Å². The first-order chi connectivity index (χ1) is 17.3. The summed E-state index contributed by atoms with van der Waals surface area (Å²) < 4.78 is 34.4. The SMILES string of the molecule is NS(=O)(=O)OC[C@H]1C[C@@H](Nc2ccnc3cc(-c4ccc5c(c4)oc4ccccc45)nn23)[C@H](O)[C@@H]1O. The van der Waals surface area contributed by atoms with E-state index in [0.717, 1.165) is 27.5 Å². The molecule has 186 valence electrons. The van der Waals surface area contributed by atoms with Gasteiger partial charge in [-0.15, -0.1) is 0 Å². The molecule has 0 aliphatic heterocycles. The lowest BCUT2D eigenvalue weighted by molar-refractivity contribution is 0.00777. The van der Waals surface area contributed by atoms with Gasteiger partial charge >= 0.3 is 10.3 Å². The van der Waals surface area contributed by atoms with Gasteiger partial charge in [0.2, 0.25) is 0 Å². The lowest BCUT2D eigenvalue weighted by atomic mass is 10.1. The van der Waals surface area contributed by atoms with E-state index in [-0.39, 0.29) is 13.0 Å². The van der Waals surface area contributed by atoms with Crippen LogP contribution in [0.4, 0.5) is 5.82 Å². The summed E-state index contributed by atoms with van der Waals surface area (Å²) in [5.41, 5.74) is 3.70. The van der Waals surface area contributed by atoms with Gasteiger partial charge in [-0.3, -0.25) is 4.18 Å². The summed E-state index contributed by atoms with van der Waals surface area (Å²) in [6.07, 6.45) is -0.443. The Morgan fingerprint density at radius 2 is 1.89 bits per heavy atom. The molecule has 0 saturated heterocycles. The molecule has 1 aliphatic rings. The van der Waals surface area contributed by atoms with Crippen molar-refractivity contribution in [2.75, 3.05) is 11.9 Å². The molecule has 0 amide bonds. The first-order valence-corrected chi connectivity index (χ1v) is 12.8. The van der Waals surface area contributed by atoms with E-state index in [4.69, 9.17) is 14.7 Å². The molecule has 5 aromatic rings. The molecular formula is C24H23N5O6S. The van der Waals surface area contributed by atoms with Crippen LogP contribution in [0.2, 0.25) is 0 Å². The van der Waals surface area contributed by atoms with Gasteiger partial charge in [-0.25, -0.2) is 10.1 Å². The highest BCUT2D eigenvalue weighted by molar-refractivity contribution is 7.84. The molecule has 36 heavy (non-hydrogen) atoms. The molecule has 1 fully saturated rings. The van der Waals surface area contributed by atoms with Crippen LogP contribution in [0, 0.1) is 5.92 Å². The third-order valence-electron chi connectivity index (χ3n) is 6.61. The average molecular weight is 510 g/mol. The van der Waals surface area contributed by atoms with E-state index in [2.05, 4.69) is 14.5 Å². The Bertz CT molecular complexity index is 1700. The third-order valence-corrected chi connectivity index (χ3v) is 7.08. The predicted octanol–water partition coefficient (Wildman–Crippen LogP) is 2.04. The lowest BCUT2D eigenvalue weighted by Crippen LogP contribution is -2.36. The van der Waals surface area contributed by atoms with Crippen molar-refractivity contribution in [3.8, 4) is 11.3 Å². The van der Waals surface area contributed by atoms with Crippen LogP contribution in [0.1, 0.15) is 6.42 Å². The van der Waals surface area contributed by atoms with Crippen molar-refractivity contribution in [2.24, 2.45) is 11.1 Å². The van der Waals surface area contributed by atoms with Gasteiger partial charge in [-0.05, 0) is 30.7 Å². The van der Waals surface area contributed by atoms with Crippen LogP contribution in [0.15, 0.2) is 65.2 Å². The van der Waals surface area contributed by atoms with E-state index in [1.165, 1.54) is 0 Å². The predicted molar refractivity (Wildman–Crippen MR) is 132 cm³/mol. The van der Waals surface area contributed by atoms with E-state index < -0.39 is 34.5 Å². The number of aliphatic hydroxyl groups excluding tert-OH is 2. The van der Waals surface area contributed by atoms with Gasteiger partial charge in [0.05, 0.1) is 24.4 Å². The van der Waals surface area contributed by atoms with Gasteiger partial charge in [0, 0.05) is 34.5 Å². The third kappa shape index (κ3) is 4.08. The molecule has 5 N–H and O–H groups in total. The van der Waals surface area contributed by atoms with E-state index in [1.807, 2.05) is 48.5 Å². The largest absolute Gasteiger partial charge is 0.456 e. The lowest BCUT2D eigenvalue weighted by Gasteiger charge is -2.19. The van der Waals surface area contributed by atoms with Gasteiger partial charge in [-0.1, -0.05) is 24.3 Å². The number of nitrogens with one attached hydrogen (secondary N) is 1. The zero-order chi connectivity index (χ0) is 25.0. The Morgan fingerprint density at radius 1 is 1.08 bits per heavy atom. The zero-order valence-corrected chi connectivity index (χ0v) is 19.7. The van der Waals surface area contributed by atoms with Crippen LogP contribution >= 0.6 is 0 Å². The Hall–Kier alpha value is -3.55. The molecule has 12 heteroatoms. The normalized spacial score (nSPS) is 22.6. The smallest absolute Gasteiger partial charge is 0.333 e.